The van der Waals surface area contributed by atoms with Crippen molar-refractivity contribution >= 4 is 41.0 Å². The van der Waals surface area contributed by atoms with Gasteiger partial charge in [0.1, 0.15) is 5.82 Å². The summed E-state index contributed by atoms with van der Waals surface area (Å²) in [4.78, 5) is 50.4. The van der Waals surface area contributed by atoms with Crippen molar-refractivity contribution in [1.82, 2.24) is 25.2 Å². The number of nitrogens with one attached hydrogen (secondary N) is 2. The molecule has 1 aromatic heterocycles. The minimum Gasteiger partial charge on any atom is -0.322 e. The lowest BCUT2D eigenvalue weighted by Gasteiger charge is -2.43. The molecule has 230 valence electrons. The molecule has 0 atom stereocenters. The zero-order chi connectivity index (χ0) is 31.8. The summed E-state index contributed by atoms with van der Waals surface area (Å²) >= 11 is 0. The van der Waals surface area contributed by atoms with Crippen molar-refractivity contribution in [2.45, 2.75) is 26.1 Å². The van der Waals surface area contributed by atoms with Gasteiger partial charge in [0.2, 0.25) is 5.95 Å². The third kappa shape index (κ3) is 6.05. The number of alkyl halides is 3. The predicted octanol–water partition coefficient (Wildman–Crippen LogP) is 4.44. The molecule has 12 nitrogen and oxygen atoms in total. The first-order valence-electron chi connectivity index (χ1n) is 13.6. The quantitative estimate of drug-likeness (QED) is 0.394. The van der Waals surface area contributed by atoms with Crippen LogP contribution in [0.2, 0.25) is 0 Å². The number of hydrogen-bond donors (Lipinski definition) is 2. The maximum Gasteiger partial charge on any atom is 0.416 e. The van der Waals surface area contributed by atoms with Crippen LogP contribution < -0.4 is 20.5 Å². The summed E-state index contributed by atoms with van der Waals surface area (Å²) < 4.78 is 39.4. The molecule has 0 bridgehead atoms. The summed E-state index contributed by atoms with van der Waals surface area (Å²) in [5.74, 6) is -0.338. The van der Waals surface area contributed by atoms with Crippen LogP contribution in [-0.4, -0.2) is 70.2 Å². The molecular weight excluding hydrogens is 579 g/mol. The highest BCUT2D eigenvalue weighted by atomic mass is 19.4. The van der Waals surface area contributed by atoms with Gasteiger partial charge in [-0.25, -0.2) is 9.78 Å². The molecule has 0 unspecified atom stereocenters. The van der Waals surface area contributed by atoms with E-state index in [9.17, 15) is 27.6 Å². The van der Waals surface area contributed by atoms with E-state index in [1.165, 1.54) is 33.0 Å². The average molecular weight is 610 g/mol. The molecule has 15 heteroatoms. The van der Waals surface area contributed by atoms with E-state index in [2.05, 4.69) is 27.3 Å². The third-order valence-corrected chi connectivity index (χ3v) is 7.31. The second kappa shape index (κ2) is 11.9. The maximum absolute atomic E-state index is 13.5. The molecule has 44 heavy (non-hydrogen) atoms. The smallest absolute Gasteiger partial charge is 0.322 e. The van der Waals surface area contributed by atoms with Gasteiger partial charge in [-0.05, 0) is 55.3 Å². The molecule has 1 fully saturated rings. The van der Waals surface area contributed by atoms with Crippen molar-refractivity contribution in [3.05, 3.63) is 83.6 Å². The molecule has 2 N–H and O–H groups in total. The van der Waals surface area contributed by atoms with E-state index in [0.717, 1.165) is 17.7 Å². The van der Waals surface area contributed by atoms with Crippen LogP contribution in [-0.2, 0) is 17.5 Å². The van der Waals surface area contributed by atoms with Crippen molar-refractivity contribution in [1.29, 1.82) is 0 Å². The Labute approximate surface area is 251 Å². The number of carbonyl (C=O) groups excluding carboxylic acids is 3. The molecule has 2 aliphatic heterocycles. The summed E-state index contributed by atoms with van der Waals surface area (Å²) in [7, 11) is 3.30. The standard InChI is InChI=1S/C29H30F3N9O3/c1-5-24(42)40-12-7-13-41(38(40)4)36-27-33-16-20-17-39(28(44)37(3)25(20)35-27)23-15-22(11-10-18(23)2)34-26(43)19-8-6-9-21(14-19)29(30,31)32/h5-6,8-11,14-16H,1,7,12-13,17H2,2-4H3,(H,34,43)(H,33,35,36). The second-order valence-electron chi connectivity index (χ2n) is 10.2. The molecule has 5 rings (SSSR count). The van der Waals surface area contributed by atoms with Crippen LogP contribution >= 0.6 is 0 Å². The van der Waals surface area contributed by atoms with Gasteiger partial charge in [0.05, 0.1) is 17.8 Å². The molecule has 1 saturated heterocycles. The number of urea groups is 1. The fourth-order valence-corrected chi connectivity index (χ4v) is 4.96. The van der Waals surface area contributed by atoms with Gasteiger partial charge in [-0.3, -0.25) is 29.8 Å². The van der Waals surface area contributed by atoms with Gasteiger partial charge in [0, 0.05) is 50.2 Å². The van der Waals surface area contributed by atoms with Crippen LogP contribution in [0.3, 0.4) is 0 Å². The Morgan fingerprint density at radius 1 is 1.09 bits per heavy atom. The molecule has 0 spiro atoms. The number of rotatable bonds is 6. The number of anilines is 4. The van der Waals surface area contributed by atoms with E-state index < -0.39 is 17.6 Å². The molecule has 2 aliphatic rings. The number of hydrogen-bond acceptors (Lipinski definition) is 8. The molecule has 4 amide bonds. The molecule has 0 radical (unpaired) electrons. The number of halogens is 3. The van der Waals surface area contributed by atoms with E-state index in [4.69, 9.17) is 0 Å². The summed E-state index contributed by atoms with van der Waals surface area (Å²) in [6.45, 7) is 6.60. The Morgan fingerprint density at radius 2 is 1.86 bits per heavy atom. The molecule has 2 aromatic carbocycles. The van der Waals surface area contributed by atoms with Gasteiger partial charge in [0.15, 0.2) is 0 Å². The minimum absolute atomic E-state index is 0.135. The van der Waals surface area contributed by atoms with Gasteiger partial charge in [0.25, 0.3) is 11.8 Å². The first-order valence-corrected chi connectivity index (χ1v) is 13.6. The topological polar surface area (TPSA) is 117 Å². The first-order chi connectivity index (χ1) is 20.9. The van der Waals surface area contributed by atoms with Crippen molar-refractivity contribution in [3.8, 4) is 0 Å². The molecule has 3 aromatic rings. The fourth-order valence-electron chi connectivity index (χ4n) is 4.96. The number of aromatic nitrogens is 2. The zero-order valence-electron chi connectivity index (χ0n) is 24.2. The number of aryl methyl sites for hydroxylation is 1. The van der Waals surface area contributed by atoms with Crippen molar-refractivity contribution in [3.63, 3.8) is 0 Å². The van der Waals surface area contributed by atoms with Crippen LogP contribution in [0.4, 0.5) is 41.1 Å². The lowest BCUT2D eigenvalue weighted by molar-refractivity contribution is -0.189. The minimum atomic E-state index is -4.58. The van der Waals surface area contributed by atoms with E-state index in [1.54, 1.807) is 55.7 Å². The summed E-state index contributed by atoms with van der Waals surface area (Å²) in [5.41, 5.74) is 4.20. The number of nitrogens with zero attached hydrogens (tertiary/aromatic N) is 7. The van der Waals surface area contributed by atoms with Crippen LogP contribution in [0.25, 0.3) is 0 Å². The maximum atomic E-state index is 13.5. The van der Waals surface area contributed by atoms with E-state index in [0.29, 0.717) is 42.3 Å². The van der Waals surface area contributed by atoms with Crippen molar-refractivity contribution < 1.29 is 27.6 Å². The Kier molecular flexibility index (Phi) is 8.25. The first kappa shape index (κ1) is 30.4. The molecule has 0 saturated carbocycles. The number of benzene rings is 2. The number of fused-ring (bicyclic) bond motifs is 1. The number of amides is 4. The third-order valence-electron chi connectivity index (χ3n) is 7.31. The van der Waals surface area contributed by atoms with Gasteiger partial charge >= 0.3 is 12.2 Å². The van der Waals surface area contributed by atoms with Crippen LogP contribution in [0.5, 0.6) is 0 Å². The molecule has 0 aliphatic carbocycles. The van der Waals surface area contributed by atoms with Crippen LogP contribution in [0.1, 0.15) is 33.5 Å². The highest BCUT2D eigenvalue weighted by Gasteiger charge is 2.33. The van der Waals surface area contributed by atoms with Crippen LogP contribution in [0, 0.1) is 6.92 Å². The van der Waals surface area contributed by atoms with E-state index in [-0.39, 0.29) is 30.0 Å². The number of hydrazine groups is 3. The Bertz CT molecular complexity index is 1630. The lowest BCUT2D eigenvalue weighted by atomic mass is 10.1. The fraction of sp³-hybridized carbons (Fsp3) is 0.276. The Hall–Kier alpha value is -5.02. The van der Waals surface area contributed by atoms with Crippen LogP contribution in [0.15, 0.2) is 61.3 Å². The highest BCUT2D eigenvalue weighted by molar-refractivity contribution is 6.07. The zero-order valence-corrected chi connectivity index (χ0v) is 24.2. The van der Waals surface area contributed by atoms with E-state index >= 15 is 0 Å². The Morgan fingerprint density at radius 3 is 2.59 bits per heavy atom. The molecule has 3 heterocycles. The average Bonchev–Trinajstić information content (AvgIpc) is 3.00. The lowest BCUT2D eigenvalue weighted by Crippen LogP contribution is -2.59. The largest absolute Gasteiger partial charge is 0.416 e. The highest BCUT2D eigenvalue weighted by Crippen LogP contribution is 2.34. The van der Waals surface area contributed by atoms with Crippen molar-refractivity contribution in [2.24, 2.45) is 0 Å². The van der Waals surface area contributed by atoms with Gasteiger partial charge in [-0.2, -0.15) is 18.2 Å². The summed E-state index contributed by atoms with van der Waals surface area (Å²) in [6.07, 6.45) is -1.04. The van der Waals surface area contributed by atoms with Gasteiger partial charge in [-0.1, -0.05) is 18.7 Å². The van der Waals surface area contributed by atoms with Gasteiger partial charge < -0.3 is 5.32 Å². The number of carbonyl (C=O) groups is 3. The SMILES string of the molecule is C=CC(=O)N1CCCN(Nc2ncc3c(n2)N(C)C(=O)N(c2cc(NC(=O)c4cccc(C(F)(F)F)c4)ccc2C)C3)N1C. The van der Waals surface area contributed by atoms with E-state index in [1.807, 2.05) is 0 Å². The normalized spacial score (nSPS) is 16.0. The monoisotopic (exact) mass is 609 g/mol. The second-order valence-corrected chi connectivity index (χ2v) is 10.2. The summed E-state index contributed by atoms with van der Waals surface area (Å²) in [6, 6.07) is 8.67. The summed E-state index contributed by atoms with van der Waals surface area (Å²) in [5, 5.41) is 7.45. The predicted molar refractivity (Wildman–Crippen MR) is 157 cm³/mol. The van der Waals surface area contributed by atoms with Crippen molar-refractivity contribution in [2.75, 3.05) is 47.7 Å². The Balaban J connectivity index is 1.34. The molecular formula is C29H30F3N9O3. The van der Waals surface area contributed by atoms with Gasteiger partial charge in [-0.15, -0.1) is 10.2 Å².